The second-order valence-electron chi connectivity index (χ2n) is 4.55. The lowest BCUT2D eigenvalue weighted by Crippen LogP contribution is -2.50. The number of nitriles is 1. The predicted octanol–water partition coefficient (Wildman–Crippen LogP) is 1.14. The van der Waals surface area contributed by atoms with Gasteiger partial charge in [-0.2, -0.15) is 5.26 Å². The van der Waals surface area contributed by atoms with Crippen molar-refractivity contribution in [3.63, 3.8) is 0 Å². The van der Waals surface area contributed by atoms with Gasteiger partial charge in [-0.15, -0.1) is 0 Å². The molecule has 1 rings (SSSR count). The van der Waals surface area contributed by atoms with Crippen LogP contribution in [-0.4, -0.2) is 37.5 Å². The Bertz CT molecular complexity index is 276. The fourth-order valence-electron chi connectivity index (χ4n) is 2.33. The summed E-state index contributed by atoms with van der Waals surface area (Å²) in [6.45, 7) is 4.40. The van der Waals surface area contributed by atoms with Crippen molar-refractivity contribution in [2.45, 2.75) is 32.6 Å². The molecule has 0 spiro atoms. The van der Waals surface area contributed by atoms with Crippen molar-refractivity contribution in [3.8, 4) is 6.07 Å². The maximum Gasteiger partial charge on any atom is 0.229 e. The minimum absolute atomic E-state index is 0.192. The smallest absolute Gasteiger partial charge is 0.229 e. The third-order valence-corrected chi connectivity index (χ3v) is 3.51. The average Bonchev–Trinajstić information content (AvgIpc) is 2.35. The summed E-state index contributed by atoms with van der Waals surface area (Å²) in [6, 6.07) is 2.08. The van der Waals surface area contributed by atoms with Crippen LogP contribution in [0.2, 0.25) is 0 Å². The fraction of sp³-hybridized carbons (Fsp3) is 0.833. The lowest BCUT2D eigenvalue weighted by Gasteiger charge is -2.38. The van der Waals surface area contributed by atoms with Crippen molar-refractivity contribution in [2.24, 2.45) is 5.41 Å². The highest BCUT2D eigenvalue weighted by molar-refractivity contribution is 5.82. The number of nitrogens with one attached hydrogen (secondary N) is 1. The number of piperidine rings is 1. The molecule has 0 aromatic rings. The topological polar surface area (TPSA) is 56.1 Å². The Labute approximate surface area is 97.6 Å². The molecule has 0 saturated carbocycles. The molecule has 1 aliphatic rings. The molecule has 1 unspecified atom stereocenters. The largest absolute Gasteiger partial charge is 0.344 e. The molecule has 1 amide bonds. The molecule has 90 valence electrons. The zero-order valence-corrected chi connectivity index (χ0v) is 10.3. The highest BCUT2D eigenvalue weighted by Crippen LogP contribution is 2.31. The zero-order chi connectivity index (χ0) is 12.0. The van der Waals surface area contributed by atoms with Gasteiger partial charge in [0.05, 0.1) is 17.9 Å². The van der Waals surface area contributed by atoms with Crippen LogP contribution in [0.4, 0.5) is 0 Å². The number of nitrogens with zero attached hydrogens (tertiary/aromatic N) is 2. The van der Waals surface area contributed by atoms with E-state index in [2.05, 4.69) is 18.3 Å². The van der Waals surface area contributed by atoms with Crippen LogP contribution < -0.4 is 5.32 Å². The lowest BCUT2D eigenvalue weighted by molar-refractivity contribution is -0.142. The molecule has 0 radical (unpaired) electrons. The van der Waals surface area contributed by atoms with Gasteiger partial charge in [0.2, 0.25) is 5.91 Å². The van der Waals surface area contributed by atoms with Gasteiger partial charge >= 0.3 is 0 Å². The van der Waals surface area contributed by atoms with Crippen LogP contribution in [0.15, 0.2) is 0 Å². The average molecular weight is 223 g/mol. The molecule has 1 aliphatic heterocycles. The third-order valence-electron chi connectivity index (χ3n) is 3.51. The predicted molar refractivity (Wildman–Crippen MR) is 62.7 cm³/mol. The number of carbonyl (C=O) groups excluding carboxylic acids is 1. The normalized spacial score (nSPS) is 24.8. The van der Waals surface area contributed by atoms with E-state index in [-0.39, 0.29) is 11.3 Å². The van der Waals surface area contributed by atoms with Gasteiger partial charge in [-0.25, -0.2) is 0 Å². The van der Waals surface area contributed by atoms with Gasteiger partial charge in [-0.3, -0.25) is 4.79 Å². The van der Waals surface area contributed by atoms with E-state index in [1.165, 1.54) is 0 Å². The van der Waals surface area contributed by atoms with Crippen LogP contribution >= 0.6 is 0 Å². The molecular weight excluding hydrogens is 202 g/mol. The molecule has 0 aliphatic carbocycles. The van der Waals surface area contributed by atoms with E-state index < -0.39 is 0 Å². The molecule has 1 atom stereocenters. The summed E-state index contributed by atoms with van der Waals surface area (Å²) < 4.78 is 0. The number of amides is 1. The molecular formula is C12H21N3O. The van der Waals surface area contributed by atoms with Crippen molar-refractivity contribution in [1.29, 1.82) is 5.26 Å². The van der Waals surface area contributed by atoms with Crippen molar-refractivity contribution in [3.05, 3.63) is 0 Å². The first-order valence-corrected chi connectivity index (χ1v) is 5.99. The van der Waals surface area contributed by atoms with E-state index in [0.717, 1.165) is 32.4 Å². The molecule has 0 bridgehead atoms. The molecule has 16 heavy (non-hydrogen) atoms. The molecule has 4 heteroatoms. The summed E-state index contributed by atoms with van der Waals surface area (Å²) in [5.41, 5.74) is -0.234. The SMILES string of the molecule is CCC1(C(=O)N(C)CCC#N)CCCNC1. The highest BCUT2D eigenvalue weighted by atomic mass is 16.2. The van der Waals surface area contributed by atoms with Gasteiger partial charge in [0.25, 0.3) is 0 Å². The minimum Gasteiger partial charge on any atom is -0.344 e. The van der Waals surface area contributed by atoms with E-state index in [0.29, 0.717) is 13.0 Å². The quantitative estimate of drug-likeness (QED) is 0.777. The van der Waals surface area contributed by atoms with Crippen LogP contribution in [0.25, 0.3) is 0 Å². The van der Waals surface area contributed by atoms with Gasteiger partial charge in [0, 0.05) is 20.1 Å². The summed E-state index contributed by atoms with van der Waals surface area (Å²) in [4.78, 5) is 14.0. The van der Waals surface area contributed by atoms with Gasteiger partial charge < -0.3 is 10.2 Å². The fourth-order valence-corrected chi connectivity index (χ4v) is 2.33. The Morgan fingerprint density at radius 3 is 2.88 bits per heavy atom. The summed E-state index contributed by atoms with van der Waals surface area (Å²) in [5, 5.41) is 11.8. The van der Waals surface area contributed by atoms with Crippen molar-refractivity contribution < 1.29 is 4.79 Å². The molecule has 1 heterocycles. The number of rotatable bonds is 4. The van der Waals surface area contributed by atoms with Crippen molar-refractivity contribution in [2.75, 3.05) is 26.7 Å². The first-order valence-electron chi connectivity index (χ1n) is 5.99. The monoisotopic (exact) mass is 223 g/mol. The summed E-state index contributed by atoms with van der Waals surface area (Å²) in [7, 11) is 1.80. The Hall–Kier alpha value is -1.08. The summed E-state index contributed by atoms with van der Waals surface area (Å²) in [5.74, 6) is 0.192. The Morgan fingerprint density at radius 1 is 1.62 bits per heavy atom. The first-order chi connectivity index (χ1) is 7.66. The van der Waals surface area contributed by atoms with Gasteiger partial charge in [0.1, 0.15) is 0 Å². The second-order valence-corrected chi connectivity index (χ2v) is 4.55. The standard InChI is InChI=1S/C12H21N3O/c1-3-12(6-4-8-14-10-12)11(16)15(2)9-5-7-13/h14H,3-6,8-10H2,1-2H3. The first kappa shape index (κ1) is 13.0. The van der Waals surface area contributed by atoms with E-state index >= 15 is 0 Å². The van der Waals surface area contributed by atoms with Crippen LogP contribution in [0.3, 0.4) is 0 Å². The molecule has 1 fully saturated rings. The zero-order valence-electron chi connectivity index (χ0n) is 10.3. The number of hydrogen-bond acceptors (Lipinski definition) is 3. The third kappa shape index (κ3) is 2.73. The number of hydrogen-bond donors (Lipinski definition) is 1. The van der Waals surface area contributed by atoms with Crippen molar-refractivity contribution in [1.82, 2.24) is 10.2 Å². The van der Waals surface area contributed by atoms with Crippen LogP contribution in [0.5, 0.6) is 0 Å². The molecule has 4 nitrogen and oxygen atoms in total. The van der Waals surface area contributed by atoms with E-state index in [4.69, 9.17) is 5.26 Å². The minimum atomic E-state index is -0.234. The summed E-state index contributed by atoms with van der Waals surface area (Å²) in [6.07, 6.45) is 3.31. The van der Waals surface area contributed by atoms with Crippen LogP contribution in [0.1, 0.15) is 32.6 Å². The molecule has 1 N–H and O–H groups in total. The van der Waals surface area contributed by atoms with E-state index in [1.807, 2.05) is 0 Å². The molecule has 1 saturated heterocycles. The molecule has 0 aromatic carbocycles. The van der Waals surface area contributed by atoms with E-state index in [9.17, 15) is 4.79 Å². The second kappa shape index (κ2) is 5.86. The lowest BCUT2D eigenvalue weighted by atomic mass is 9.77. The van der Waals surface area contributed by atoms with Gasteiger partial charge in [-0.05, 0) is 25.8 Å². The maximum atomic E-state index is 12.3. The maximum absolute atomic E-state index is 12.3. The summed E-state index contributed by atoms with van der Waals surface area (Å²) >= 11 is 0. The Balaban J connectivity index is 2.64. The Morgan fingerprint density at radius 2 is 2.38 bits per heavy atom. The number of carbonyl (C=O) groups is 1. The van der Waals surface area contributed by atoms with Crippen molar-refractivity contribution >= 4 is 5.91 Å². The van der Waals surface area contributed by atoms with Crippen LogP contribution in [0, 0.1) is 16.7 Å². The highest BCUT2D eigenvalue weighted by Gasteiger charge is 2.39. The Kier molecular flexibility index (Phi) is 4.75. The van der Waals surface area contributed by atoms with E-state index in [1.54, 1.807) is 11.9 Å². The van der Waals surface area contributed by atoms with Crippen LogP contribution in [-0.2, 0) is 4.79 Å². The molecule has 0 aromatic heterocycles. The van der Waals surface area contributed by atoms with Gasteiger partial charge in [-0.1, -0.05) is 6.92 Å². The van der Waals surface area contributed by atoms with Gasteiger partial charge in [0.15, 0.2) is 0 Å².